The minimum atomic E-state index is -0.208. The number of nitrogens with one attached hydrogen (secondary N) is 1. The molecule has 1 aliphatic rings. The predicted molar refractivity (Wildman–Crippen MR) is 177 cm³/mol. The van der Waals surface area contributed by atoms with E-state index in [0.29, 0.717) is 39.3 Å². The Morgan fingerprint density at radius 1 is 0.927 bits per heavy atom. The molecular weight excluding hydrogens is 549 g/mol. The molecule has 1 fully saturated rings. The van der Waals surface area contributed by atoms with Crippen molar-refractivity contribution in [2.24, 2.45) is 0 Å². The van der Waals surface area contributed by atoms with E-state index in [4.69, 9.17) is 17.2 Å². The third-order valence-corrected chi connectivity index (χ3v) is 8.90. The lowest BCUT2D eigenvalue weighted by molar-refractivity contribution is -0.122. The molecule has 218 valence electrons. The van der Waals surface area contributed by atoms with E-state index < -0.39 is 0 Å². The van der Waals surface area contributed by atoms with Crippen molar-refractivity contribution >= 4 is 51.7 Å². The van der Waals surface area contributed by atoms with Crippen molar-refractivity contribution in [1.29, 1.82) is 0 Å². The fraction of sp³-hybridized carbons (Fsp3) is 0.455. The number of anilines is 1. The molecular formula is C33H42N4O2S2. The number of hydrogen-bond donors (Lipinski definition) is 1. The lowest BCUT2D eigenvalue weighted by Gasteiger charge is -2.14. The first-order valence-corrected chi connectivity index (χ1v) is 16.3. The van der Waals surface area contributed by atoms with Gasteiger partial charge in [-0.2, -0.15) is 0 Å². The lowest BCUT2D eigenvalue weighted by atomic mass is 10.1. The molecule has 1 aliphatic heterocycles. The summed E-state index contributed by atoms with van der Waals surface area (Å²) in [6.45, 7) is 5.42. The molecule has 0 spiro atoms. The second-order valence-electron chi connectivity index (χ2n) is 10.7. The average molecular weight is 591 g/mol. The Bertz CT molecular complexity index is 1420. The molecule has 2 aromatic heterocycles. The highest BCUT2D eigenvalue weighted by molar-refractivity contribution is 8.26. The Morgan fingerprint density at radius 2 is 1.61 bits per heavy atom. The Hall–Kier alpha value is -2.97. The largest absolute Gasteiger partial charge is 0.369 e. The second kappa shape index (κ2) is 15.9. The molecule has 0 saturated carbocycles. The number of aryl methyl sites for hydroxylation is 1. The highest BCUT2D eigenvalue weighted by atomic mass is 32.2. The molecule has 41 heavy (non-hydrogen) atoms. The summed E-state index contributed by atoms with van der Waals surface area (Å²) in [5.74, 6) is 0.361. The summed E-state index contributed by atoms with van der Waals surface area (Å²) in [6.07, 6.45) is 16.6. The highest BCUT2D eigenvalue weighted by Crippen LogP contribution is 2.33. The molecule has 0 aliphatic carbocycles. The monoisotopic (exact) mass is 590 g/mol. The standard InChI is InChI=1S/C33H42N4O2S2/c1-3-4-5-6-7-8-9-10-11-15-22-37-32(39)28(41-33(37)40)24-27-29(34-21-20-26-18-13-12-14-19-26)35-30-25(2)17-16-23-36(30)31(27)38/h12-14,16-19,23-24,34H,3-11,15,20-22H2,1-2H3. The van der Waals surface area contributed by atoms with Crippen molar-refractivity contribution in [3.05, 3.63) is 80.6 Å². The van der Waals surface area contributed by atoms with Crippen LogP contribution in [0.4, 0.5) is 5.82 Å². The van der Waals surface area contributed by atoms with Crippen LogP contribution >= 0.6 is 24.0 Å². The quantitative estimate of drug-likeness (QED) is 0.104. The van der Waals surface area contributed by atoms with Gasteiger partial charge in [0.25, 0.3) is 11.5 Å². The van der Waals surface area contributed by atoms with Gasteiger partial charge in [0, 0.05) is 19.3 Å². The normalized spacial score (nSPS) is 14.5. The van der Waals surface area contributed by atoms with Crippen molar-refractivity contribution in [3.8, 4) is 0 Å². The van der Waals surface area contributed by atoms with Gasteiger partial charge in [-0.1, -0.05) is 125 Å². The van der Waals surface area contributed by atoms with E-state index in [0.717, 1.165) is 24.8 Å². The molecule has 0 radical (unpaired) electrons. The van der Waals surface area contributed by atoms with Gasteiger partial charge in [0.2, 0.25) is 0 Å². The third kappa shape index (κ3) is 8.52. The van der Waals surface area contributed by atoms with Crippen molar-refractivity contribution in [1.82, 2.24) is 14.3 Å². The zero-order chi connectivity index (χ0) is 29.0. The minimum Gasteiger partial charge on any atom is -0.369 e. The van der Waals surface area contributed by atoms with Gasteiger partial charge in [-0.25, -0.2) is 4.98 Å². The van der Waals surface area contributed by atoms with Crippen LogP contribution in [-0.2, 0) is 11.2 Å². The van der Waals surface area contributed by atoms with Crippen LogP contribution in [-0.4, -0.2) is 37.6 Å². The van der Waals surface area contributed by atoms with Crippen molar-refractivity contribution < 1.29 is 4.79 Å². The van der Waals surface area contributed by atoms with Crippen LogP contribution in [0.3, 0.4) is 0 Å². The zero-order valence-corrected chi connectivity index (χ0v) is 26.0. The molecule has 0 unspecified atom stereocenters. The van der Waals surface area contributed by atoms with Gasteiger partial charge in [-0.15, -0.1) is 0 Å². The molecule has 4 rings (SSSR count). The molecule has 3 aromatic rings. The van der Waals surface area contributed by atoms with Crippen LogP contribution in [0, 0.1) is 6.92 Å². The number of carbonyl (C=O) groups excluding carboxylic acids is 1. The van der Waals surface area contributed by atoms with E-state index in [1.807, 2.05) is 37.3 Å². The smallest absolute Gasteiger partial charge is 0.267 e. The van der Waals surface area contributed by atoms with Gasteiger partial charge in [0.1, 0.15) is 15.8 Å². The number of hydrogen-bond acceptors (Lipinski definition) is 6. The summed E-state index contributed by atoms with van der Waals surface area (Å²) >= 11 is 6.85. The van der Waals surface area contributed by atoms with Gasteiger partial charge in [-0.3, -0.25) is 18.9 Å². The zero-order valence-electron chi connectivity index (χ0n) is 24.4. The maximum Gasteiger partial charge on any atom is 0.267 e. The van der Waals surface area contributed by atoms with E-state index in [1.54, 1.807) is 21.6 Å². The summed E-state index contributed by atoms with van der Waals surface area (Å²) in [5.41, 5.74) is 2.88. The number of nitrogens with zero attached hydrogens (tertiary/aromatic N) is 3. The van der Waals surface area contributed by atoms with Crippen LogP contribution in [0.2, 0.25) is 0 Å². The van der Waals surface area contributed by atoms with E-state index in [2.05, 4.69) is 24.4 Å². The minimum absolute atomic E-state index is 0.125. The first-order valence-electron chi connectivity index (χ1n) is 15.0. The first-order chi connectivity index (χ1) is 20.0. The Labute approximate surface area is 253 Å². The van der Waals surface area contributed by atoms with Crippen molar-refractivity contribution in [2.75, 3.05) is 18.4 Å². The van der Waals surface area contributed by atoms with Crippen molar-refractivity contribution in [2.45, 2.75) is 84.5 Å². The lowest BCUT2D eigenvalue weighted by Crippen LogP contribution is -2.29. The molecule has 6 nitrogen and oxygen atoms in total. The second-order valence-corrected chi connectivity index (χ2v) is 12.4. The summed E-state index contributed by atoms with van der Waals surface area (Å²) in [5, 5.41) is 3.37. The van der Waals surface area contributed by atoms with Gasteiger partial charge in [-0.05, 0) is 43.0 Å². The van der Waals surface area contributed by atoms with Gasteiger partial charge in [0.15, 0.2) is 0 Å². The van der Waals surface area contributed by atoms with Crippen LogP contribution in [0.15, 0.2) is 58.4 Å². The number of aromatic nitrogens is 2. The van der Waals surface area contributed by atoms with E-state index in [-0.39, 0.29) is 11.5 Å². The van der Waals surface area contributed by atoms with E-state index in [1.165, 1.54) is 68.7 Å². The van der Waals surface area contributed by atoms with Gasteiger partial charge < -0.3 is 5.32 Å². The summed E-state index contributed by atoms with van der Waals surface area (Å²) in [6, 6.07) is 14.0. The molecule has 1 aromatic carbocycles. The molecule has 8 heteroatoms. The number of benzene rings is 1. The number of thioether (sulfide) groups is 1. The van der Waals surface area contributed by atoms with Crippen LogP contribution in [0.5, 0.6) is 0 Å². The molecule has 1 N–H and O–H groups in total. The summed E-state index contributed by atoms with van der Waals surface area (Å²) in [4.78, 5) is 34.0. The third-order valence-electron chi connectivity index (χ3n) is 7.52. The van der Waals surface area contributed by atoms with Crippen LogP contribution in [0.25, 0.3) is 11.7 Å². The fourth-order valence-corrected chi connectivity index (χ4v) is 6.42. The molecule has 1 amide bonds. The number of thiocarbonyl (C=S) groups is 1. The number of unbranched alkanes of at least 4 members (excludes halogenated alkanes) is 9. The van der Waals surface area contributed by atoms with Gasteiger partial charge >= 0.3 is 0 Å². The number of rotatable bonds is 16. The summed E-state index contributed by atoms with van der Waals surface area (Å²) < 4.78 is 2.11. The fourth-order valence-electron chi connectivity index (χ4n) is 5.13. The number of carbonyl (C=O) groups is 1. The highest BCUT2D eigenvalue weighted by Gasteiger charge is 2.32. The maximum absolute atomic E-state index is 13.6. The number of amides is 1. The molecule has 0 bridgehead atoms. The maximum atomic E-state index is 13.6. The first kappa shape index (κ1) is 31.0. The Morgan fingerprint density at radius 3 is 2.32 bits per heavy atom. The van der Waals surface area contributed by atoms with Crippen LogP contribution < -0.4 is 10.9 Å². The summed E-state index contributed by atoms with van der Waals surface area (Å²) in [7, 11) is 0. The number of pyridine rings is 1. The molecule has 1 saturated heterocycles. The molecule has 3 heterocycles. The Kier molecular flexibility index (Phi) is 12.0. The number of fused-ring (bicyclic) bond motifs is 1. The Balaban J connectivity index is 1.42. The van der Waals surface area contributed by atoms with E-state index >= 15 is 0 Å². The molecule has 0 atom stereocenters. The average Bonchev–Trinajstić information content (AvgIpc) is 3.24. The van der Waals surface area contributed by atoms with Crippen molar-refractivity contribution in [3.63, 3.8) is 0 Å². The van der Waals surface area contributed by atoms with Crippen LogP contribution in [0.1, 0.15) is 87.8 Å². The topological polar surface area (TPSA) is 66.7 Å². The van der Waals surface area contributed by atoms with Gasteiger partial charge in [0.05, 0.1) is 10.5 Å². The van der Waals surface area contributed by atoms with E-state index in [9.17, 15) is 9.59 Å². The SMILES string of the molecule is CCCCCCCCCCCCN1C(=O)C(=Cc2c(NCCc3ccccc3)nc3c(C)cccn3c2=O)SC1=S. The predicted octanol–water partition coefficient (Wildman–Crippen LogP) is 7.78.